The van der Waals surface area contributed by atoms with Crippen LogP contribution in [0.2, 0.25) is 0 Å². The number of halogens is 1. The molecule has 9 heteroatoms. The predicted octanol–water partition coefficient (Wildman–Crippen LogP) is 4.56. The summed E-state index contributed by atoms with van der Waals surface area (Å²) in [5.74, 6) is -0.246. The van der Waals surface area contributed by atoms with Crippen molar-refractivity contribution in [2.24, 2.45) is 0 Å². The van der Waals surface area contributed by atoms with Gasteiger partial charge in [0.2, 0.25) is 11.8 Å². The second kappa shape index (κ2) is 10.5. The third kappa shape index (κ3) is 5.46. The van der Waals surface area contributed by atoms with Gasteiger partial charge in [0.15, 0.2) is 0 Å². The van der Waals surface area contributed by atoms with Crippen LogP contribution in [0.4, 0.5) is 11.4 Å². The summed E-state index contributed by atoms with van der Waals surface area (Å²) in [5.41, 5.74) is 2.03. The summed E-state index contributed by atoms with van der Waals surface area (Å²) in [4.78, 5) is 42.7. The Morgan fingerprint density at radius 1 is 1.00 bits per heavy atom. The monoisotopic (exact) mass is 546 g/mol. The zero-order valence-electron chi connectivity index (χ0n) is 19.7. The average molecular weight is 548 g/mol. The zero-order valence-corrected chi connectivity index (χ0v) is 22.1. The molecular weight excluding hydrogens is 516 g/mol. The molecule has 1 aliphatic heterocycles. The number of aryl methyl sites for hydroxylation is 1. The second-order valence-corrected chi connectivity index (χ2v) is 11.6. The van der Waals surface area contributed by atoms with Gasteiger partial charge in [-0.05, 0) is 78.0 Å². The van der Waals surface area contributed by atoms with Gasteiger partial charge in [0.1, 0.15) is 5.54 Å². The number of hydrogen-bond acceptors (Lipinski definition) is 5. The first-order chi connectivity index (χ1) is 16.3. The van der Waals surface area contributed by atoms with Crippen LogP contribution < -0.4 is 15.5 Å². The molecule has 2 fully saturated rings. The van der Waals surface area contributed by atoms with Crippen LogP contribution in [-0.2, 0) is 9.59 Å². The fourth-order valence-electron chi connectivity index (χ4n) is 4.91. The number of nitrogens with zero attached hydrogens (tertiary/aromatic N) is 2. The van der Waals surface area contributed by atoms with Gasteiger partial charge in [0, 0.05) is 44.5 Å². The van der Waals surface area contributed by atoms with Gasteiger partial charge in [-0.25, -0.2) is 0 Å². The number of benzene rings is 1. The summed E-state index contributed by atoms with van der Waals surface area (Å²) in [7, 11) is 0. The summed E-state index contributed by atoms with van der Waals surface area (Å²) >= 11 is 4.75. The van der Waals surface area contributed by atoms with Crippen LogP contribution in [0.3, 0.4) is 0 Å². The highest BCUT2D eigenvalue weighted by Gasteiger charge is 2.42. The Bertz CT molecular complexity index is 1080. The molecule has 0 spiro atoms. The molecule has 2 aliphatic rings. The Balaban J connectivity index is 1.45. The Labute approximate surface area is 213 Å². The standard InChI is InChI=1S/C25H31BrN4O3S/c1-17-16-19(6-7-20(17)30-13-5-12-29(14-15-30)18(2)31)27-24(33)25(10-3-4-11-25)28-23(32)21-8-9-22(26)34-21/h6-9,16H,3-5,10-15H2,1-2H3,(H,27,33)(H,28,32). The minimum Gasteiger partial charge on any atom is -0.369 e. The summed E-state index contributed by atoms with van der Waals surface area (Å²) in [5, 5.41) is 6.10. The van der Waals surface area contributed by atoms with Crippen LogP contribution >= 0.6 is 27.3 Å². The van der Waals surface area contributed by atoms with E-state index in [1.807, 2.05) is 36.1 Å². The van der Waals surface area contributed by atoms with E-state index in [-0.39, 0.29) is 17.7 Å². The van der Waals surface area contributed by atoms with Crippen molar-refractivity contribution in [3.63, 3.8) is 0 Å². The number of nitrogens with one attached hydrogen (secondary N) is 2. The van der Waals surface area contributed by atoms with Crippen molar-refractivity contribution in [1.29, 1.82) is 0 Å². The Hall–Kier alpha value is -2.39. The van der Waals surface area contributed by atoms with Crippen molar-refractivity contribution in [3.05, 3.63) is 44.6 Å². The van der Waals surface area contributed by atoms with Gasteiger partial charge < -0.3 is 20.4 Å². The first-order valence-electron chi connectivity index (χ1n) is 11.8. The molecule has 3 amide bonds. The molecule has 34 heavy (non-hydrogen) atoms. The topological polar surface area (TPSA) is 81.8 Å². The molecule has 4 rings (SSSR count). The van der Waals surface area contributed by atoms with Crippen LogP contribution in [0.1, 0.15) is 54.3 Å². The van der Waals surface area contributed by atoms with Crippen LogP contribution in [0.15, 0.2) is 34.1 Å². The van der Waals surface area contributed by atoms with E-state index < -0.39 is 5.54 Å². The molecule has 1 aromatic carbocycles. The molecular formula is C25H31BrN4O3S. The van der Waals surface area contributed by atoms with Gasteiger partial charge in [-0.2, -0.15) is 0 Å². The highest BCUT2D eigenvalue weighted by molar-refractivity contribution is 9.11. The number of hydrogen-bond donors (Lipinski definition) is 2. The van der Waals surface area contributed by atoms with Crippen molar-refractivity contribution in [1.82, 2.24) is 10.2 Å². The summed E-state index contributed by atoms with van der Waals surface area (Å²) < 4.78 is 0.886. The van der Waals surface area contributed by atoms with Gasteiger partial charge in [-0.3, -0.25) is 14.4 Å². The molecule has 182 valence electrons. The SMILES string of the molecule is CC(=O)N1CCCN(c2ccc(NC(=O)C3(NC(=O)c4ccc(Br)s4)CCCC3)cc2C)CC1. The molecule has 0 radical (unpaired) electrons. The molecule has 1 saturated heterocycles. The lowest BCUT2D eigenvalue weighted by atomic mass is 9.95. The summed E-state index contributed by atoms with van der Waals surface area (Å²) in [6, 6.07) is 9.56. The third-order valence-electron chi connectivity index (χ3n) is 6.78. The van der Waals surface area contributed by atoms with Crippen molar-refractivity contribution in [2.45, 2.75) is 51.5 Å². The molecule has 0 bridgehead atoms. The van der Waals surface area contributed by atoms with Crippen LogP contribution in [0.25, 0.3) is 0 Å². The fraction of sp³-hybridized carbons (Fsp3) is 0.480. The third-order valence-corrected chi connectivity index (χ3v) is 8.40. The maximum absolute atomic E-state index is 13.4. The van der Waals surface area contributed by atoms with Gasteiger partial charge in [-0.1, -0.05) is 12.8 Å². The Morgan fingerprint density at radius 2 is 1.76 bits per heavy atom. The number of carbonyl (C=O) groups excluding carboxylic acids is 3. The van der Waals surface area contributed by atoms with Crippen LogP contribution in [0, 0.1) is 6.92 Å². The molecule has 2 N–H and O–H groups in total. The second-order valence-electron chi connectivity index (χ2n) is 9.15. The Morgan fingerprint density at radius 3 is 2.41 bits per heavy atom. The minimum atomic E-state index is -0.888. The lowest BCUT2D eigenvalue weighted by Crippen LogP contribution is -2.54. The molecule has 1 aliphatic carbocycles. The fourth-order valence-corrected chi connectivity index (χ4v) is 6.20. The van der Waals surface area contributed by atoms with E-state index in [1.165, 1.54) is 11.3 Å². The van der Waals surface area contributed by atoms with Crippen LogP contribution in [0.5, 0.6) is 0 Å². The number of anilines is 2. The molecule has 1 aromatic heterocycles. The van der Waals surface area contributed by atoms with Crippen LogP contribution in [-0.4, -0.2) is 54.3 Å². The van der Waals surface area contributed by atoms with E-state index in [2.05, 4.69) is 31.5 Å². The van der Waals surface area contributed by atoms with E-state index in [0.29, 0.717) is 17.7 Å². The molecule has 2 heterocycles. The maximum Gasteiger partial charge on any atom is 0.262 e. The van der Waals surface area contributed by atoms with E-state index in [0.717, 1.165) is 66.2 Å². The largest absolute Gasteiger partial charge is 0.369 e. The highest BCUT2D eigenvalue weighted by Crippen LogP contribution is 2.33. The summed E-state index contributed by atoms with van der Waals surface area (Å²) in [6.07, 6.45) is 4.02. The number of carbonyl (C=O) groups is 3. The Kier molecular flexibility index (Phi) is 7.62. The number of amides is 3. The maximum atomic E-state index is 13.4. The van der Waals surface area contributed by atoms with Gasteiger partial charge in [0.25, 0.3) is 5.91 Å². The minimum absolute atomic E-state index is 0.122. The first-order valence-corrected chi connectivity index (χ1v) is 13.4. The molecule has 0 unspecified atom stereocenters. The van der Waals surface area contributed by atoms with Gasteiger partial charge in [0.05, 0.1) is 8.66 Å². The lowest BCUT2D eigenvalue weighted by molar-refractivity contribution is -0.128. The van der Waals surface area contributed by atoms with Gasteiger partial charge in [-0.15, -0.1) is 11.3 Å². The highest BCUT2D eigenvalue weighted by atomic mass is 79.9. The lowest BCUT2D eigenvalue weighted by Gasteiger charge is -2.29. The summed E-state index contributed by atoms with van der Waals surface area (Å²) in [6.45, 7) is 6.85. The number of thiophene rings is 1. The van der Waals surface area contributed by atoms with Crippen molar-refractivity contribution >= 4 is 56.4 Å². The zero-order chi connectivity index (χ0) is 24.3. The van der Waals surface area contributed by atoms with E-state index in [9.17, 15) is 14.4 Å². The van der Waals surface area contributed by atoms with Crippen molar-refractivity contribution in [2.75, 3.05) is 36.4 Å². The van der Waals surface area contributed by atoms with Crippen molar-refractivity contribution in [3.8, 4) is 0 Å². The smallest absolute Gasteiger partial charge is 0.262 e. The number of rotatable bonds is 5. The molecule has 2 aromatic rings. The van der Waals surface area contributed by atoms with Gasteiger partial charge >= 0.3 is 0 Å². The van der Waals surface area contributed by atoms with E-state index in [1.54, 1.807) is 13.0 Å². The molecule has 0 atom stereocenters. The van der Waals surface area contributed by atoms with Crippen molar-refractivity contribution < 1.29 is 14.4 Å². The first kappa shape index (κ1) is 24.7. The predicted molar refractivity (Wildman–Crippen MR) is 140 cm³/mol. The van der Waals surface area contributed by atoms with E-state index in [4.69, 9.17) is 0 Å². The quantitative estimate of drug-likeness (QED) is 0.575. The molecule has 7 nitrogen and oxygen atoms in total. The average Bonchev–Trinajstić information content (AvgIpc) is 3.37. The normalized spacial score (nSPS) is 17.9. The molecule has 1 saturated carbocycles. The van der Waals surface area contributed by atoms with E-state index >= 15 is 0 Å².